The molecule has 0 unspecified atom stereocenters. The van der Waals surface area contributed by atoms with Gasteiger partial charge >= 0.3 is 0 Å². The van der Waals surface area contributed by atoms with Gasteiger partial charge in [0.2, 0.25) is 0 Å². The van der Waals surface area contributed by atoms with Crippen LogP contribution in [0.4, 0.5) is 0 Å². The molecule has 1 fully saturated rings. The standard InChI is InChI=1S/C13H15N3O3/c1-18-12-8-19-5-4-11(12)16-13(17)9-2-3-10(6-14)15-7-9/h2-3,7,11-12H,4-5,8H2,1H3,(H,16,17)/t11-,12-/m1/s1. The molecule has 1 saturated heterocycles. The van der Waals surface area contributed by atoms with Crippen LogP contribution >= 0.6 is 0 Å². The second-order valence-electron chi connectivity index (χ2n) is 4.26. The molecule has 0 aliphatic carbocycles. The van der Waals surface area contributed by atoms with Crippen LogP contribution in [0.5, 0.6) is 0 Å². The number of aromatic nitrogens is 1. The average molecular weight is 261 g/mol. The van der Waals surface area contributed by atoms with Gasteiger partial charge < -0.3 is 14.8 Å². The Balaban J connectivity index is 2.01. The van der Waals surface area contributed by atoms with Crippen molar-refractivity contribution in [2.75, 3.05) is 20.3 Å². The highest BCUT2D eigenvalue weighted by molar-refractivity contribution is 5.94. The molecule has 6 nitrogen and oxygen atoms in total. The number of amides is 1. The molecule has 1 aromatic heterocycles. The smallest absolute Gasteiger partial charge is 0.253 e. The van der Waals surface area contributed by atoms with Crippen LogP contribution in [-0.4, -0.2) is 43.4 Å². The third-order valence-corrected chi connectivity index (χ3v) is 3.06. The first-order valence-corrected chi connectivity index (χ1v) is 6.02. The molecule has 0 aromatic carbocycles. The molecule has 100 valence electrons. The maximum Gasteiger partial charge on any atom is 0.253 e. The Kier molecular flexibility index (Phi) is 4.44. The van der Waals surface area contributed by atoms with E-state index >= 15 is 0 Å². The van der Waals surface area contributed by atoms with E-state index in [-0.39, 0.29) is 23.7 Å². The predicted octanol–water partition coefficient (Wildman–Crippen LogP) is 0.487. The van der Waals surface area contributed by atoms with Crippen molar-refractivity contribution < 1.29 is 14.3 Å². The monoisotopic (exact) mass is 261 g/mol. The molecule has 1 aromatic rings. The zero-order valence-corrected chi connectivity index (χ0v) is 10.6. The molecular formula is C13H15N3O3. The highest BCUT2D eigenvalue weighted by Gasteiger charge is 2.27. The topological polar surface area (TPSA) is 84.2 Å². The lowest BCUT2D eigenvalue weighted by Gasteiger charge is -2.30. The highest BCUT2D eigenvalue weighted by atomic mass is 16.5. The minimum absolute atomic E-state index is 0.0677. The highest BCUT2D eigenvalue weighted by Crippen LogP contribution is 2.11. The minimum atomic E-state index is -0.217. The molecule has 0 bridgehead atoms. The van der Waals surface area contributed by atoms with E-state index in [9.17, 15) is 4.79 Å². The van der Waals surface area contributed by atoms with Crippen molar-refractivity contribution in [1.29, 1.82) is 5.26 Å². The molecule has 19 heavy (non-hydrogen) atoms. The van der Waals surface area contributed by atoms with Gasteiger partial charge in [0.05, 0.1) is 18.2 Å². The Hall–Kier alpha value is -1.97. The number of nitrogens with zero attached hydrogens (tertiary/aromatic N) is 2. The van der Waals surface area contributed by atoms with Crippen molar-refractivity contribution in [3.05, 3.63) is 29.6 Å². The number of carbonyl (C=O) groups is 1. The van der Waals surface area contributed by atoms with Gasteiger partial charge in [0, 0.05) is 19.9 Å². The first-order chi connectivity index (χ1) is 9.24. The molecule has 0 radical (unpaired) electrons. The molecule has 0 spiro atoms. The third-order valence-electron chi connectivity index (χ3n) is 3.06. The summed E-state index contributed by atoms with van der Waals surface area (Å²) in [5, 5.41) is 11.6. The Morgan fingerprint density at radius 3 is 3.11 bits per heavy atom. The second-order valence-corrected chi connectivity index (χ2v) is 4.26. The lowest BCUT2D eigenvalue weighted by Crippen LogP contribution is -2.49. The number of nitrogens with one attached hydrogen (secondary N) is 1. The third kappa shape index (κ3) is 3.28. The van der Waals surface area contributed by atoms with Gasteiger partial charge in [0.15, 0.2) is 0 Å². The van der Waals surface area contributed by atoms with Crippen LogP contribution in [0.25, 0.3) is 0 Å². The number of hydrogen-bond acceptors (Lipinski definition) is 5. The van der Waals surface area contributed by atoms with E-state index in [4.69, 9.17) is 14.7 Å². The van der Waals surface area contributed by atoms with Gasteiger partial charge in [-0.1, -0.05) is 0 Å². The number of nitriles is 1. The summed E-state index contributed by atoms with van der Waals surface area (Å²) < 4.78 is 10.6. The Morgan fingerprint density at radius 1 is 1.63 bits per heavy atom. The predicted molar refractivity (Wildman–Crippen MR) is 66.4 cm³/mol. The maximum absolute atomic E-state index is 12.0. The van der Waals surface area contributed by atoms with Crippen molar-refractivity contribution in [3.8, 4) is 6.07 Å². The van der Waals surface area contributed by atoms with Crippen molar-refractivity contribution in [2.24, 2.45) is 0 Å². The SMILES string of the molecule is CO[C@@H]1COCC[C@H]1NC(=O)c1ccc(C#N)nc1. The lowest BCUT2D eigenvalue weighted by atomic mass is 10.1. The normalized spacial score (nSPS) is 22.5. The molecule has 2 heterocycles. The summed E-state index contributed by atoms with van der Waals surface area (Å²) in [6, 6.07) is 4.95. The minimum Gasteiger partial charge on any atom is -0.379 e. The Labute approximate surface area is 111 Å². The fourth-order valence-electron chi connectivity index (χ4n) is 1.96. The number of carbonyl (C=O) groups excluding carboxylic acids is 1. The summed E-state index contributed by atoms with van der Waals surface area (Å²) in [4.78, 5) is 15.9. The van der Waals surface area contributed by atoms with E-state index in [1.54, 1.807) is 13.2 Å². The van der Waals surface area contributed by atoms with E-state index < -0.39 is 0 Å². The van der Waals surface area contributed by atoms with Crippen molar-refractivity contribution in [2.45, 2.75) is 18.6 Å². The first-order valence-electron chi connectivity index (χ1n) is 6.02. The molecule has 2 rings (SSSR count). The fraction of sp³-hybridized carbons (Fsp3) is 0.462. The summed E-state index contributed by atoms with van der Waals surface area (Å²) in [5.41, 5.74) is 0.720. The van der Waals surface area contributed by atoms with Crippen molar-refractivity contribution in [1.82, 2.24) is 10.3 Å². The quantitative estimate of drug-likeness (QED) is 0.855. The second kappa shape index (κ2) is 6.27. The van der Waals surface area contributed by atoms with Gasteiger partial charge in [0.25, 0.3) is 5.91 Å². The van der Waals surface area contributed by atoms with Crippen LogP contribution in [0.2, 0.25) is 0 Å². The number of pyridine rings is 1. The molecule has 1 aliphatic rings. The van der Waals surface area contributed by atoms with Crippen molar-refractivity contribution in [3.63, 3.8) is 0 Å². The van der Waals surface area contributed by atoms with E-state index in [2.05, 4.69) is 10.3 Å². The number of rotatable bonds is 3. The zero-order chi connectivity index (χ0) is 13.7. The van der Waals surface area contributed by atoms with Gasteiger partial charge in [-0.2, -0.15) is 5.26 Å². The van der Waals surface area contributed by atoms with Crippen LogP contribution < -0.4 is 5.32 Å². The van der Waals surface area contributed by atoms with Crippen LogP contribution in [0.1, 0.15) is 22.5 Å². The van der Waals surface area contributed by atoms with E-state index in [0.717, 1.165) is 0 Å². The van der Waals surface area contributed by atoms with Gasteiger partial charge in [-0.25, -0.2) is 4.98 Å². The fourth-order valence-corrected chi connectivity index (χ4v) is 1.96. The summed E-state index contributed by atoms with van der Waals surface area (Å²) >= 11 is 0. The Morgan fingerprint density at radius 2 is 2.47 bits per heavy atom. The average Bonchev–Trinajstić information content (AvgIpc) is 2.48. The van der Waals surface area contributed by atoms with Gasteiger partial charge in [0.1, 0.15) is 17.9 Å². The van der Waals surface area contributed by atoms with E-state index in [0.29, 0.717) is 25.2 Å². The van der Waals surface area contributed by atoms with Gasteiger partial charge in [-0.05, 0) is 18.6 Å². The van der Waals surface area contributed by atoms with E-state index in [1.165, 1.54) is 12.3 Å². The van der Waals surface area contributed by atoms with Crippen LogP contribution in [-0.2, 0) is 9.47 Å². The van der Waals surface area contributed by atoms with Crippen molar-refractivity contribution >= 4 is 5.91 Å². The largest absolute Gasteiger partial charge is 0.379 e. The summed E-state index contributed by atoms with van der Waals surface area (Å²) in [6.07, 6.45) is 1.98. The number of methoxy groups -OCH3 is 1. The zero-order valence-electron chi connectivity index (χ0n) is 10.6. The van der Waals surface area contributed by atoms with Gasteiger partial charge in [-0.15, -0.1) is 0 Å². The molecular weight excluding hydrogens is 246 g/mol. The van der Waals surface area contributed by atoms with Crippen LogP contribution in [0.3, 0.4) is 0 Å². The van der Waals surface area contributed by atoms with E-state index in [1.807, 2.05) is 6.07 Å². The molecule has 0 saturated carbocycles. The summed E-state index contributed by atoms with van der Waals surface area (Å²) in [6.45, 7) is 1.09. The lowest BCUT2D eigenvalue weighted by molar-refractivity contribution is -0.0479. The summed E-state index contributed by atoms with van der Waals surface area (Å²) in [7, 11) is 1.60. The molecule has 1 N–H and O–H groups in total. The van der Waals surface area contributed by atoms with Gasteiger partial charge in [-0.3, -0.25) is 4.79 Å². The first kappa shape index (κ1) is 13.5. The maximum atomic E-state index is 12.0. The number of ether oxygens (including phenoxy) is 2. The molecule has 1 aliphatic heterocycles. The number of hydrogen-bond donors (Lipinski definition) is 1. The Bertz CT molecular complexity index is 481. The molecule has 6 heteroatoms. The summed E-state index contributed by atoms with van der Waals surface area (Å²) in [5.74, 6) is -0.217. The molecule has 2 atom stereocenters. The molecule has 1 amide bonds. The van der Waals surface area contributed by atoms with Crippen LogP contribution in [0.15, 0.2) is 18.3 Å². The van der Waals surface area contributed by atoms with Crippen LogP contribution in [0, 0.1) is 11.3 Å².